The zero-order valence-electron chi connectivity index (χ0n) is 14.6. The molecule has 6 heteroatoms. The number of amides is 2. The van der Waals surface area contributed by atoms with Crippen LogP contribution < -0.4 is 5.32 Å². The fourth-order valence-corrected chi connectivity index (χ4v) is 3.54. The van der Waals surface area contributed by atoms with E-state index in [1.54, 1.807) is 28.8 Å². The molecule has 2 amide bonds. The van der Waals surface area contributed by atoms with Crippen LogP contribution in [0.3, 0.4) is 0 Å². The number of carbonyl (C=O) groups is 1. The van der Waals surface area contributed by atoms with Gasteiger partial charge in [-0.15, -0.1) is 11.3 Å². The Bertz CT molecular complexity index is 823. The molecule has 2 heterocycles. The molecule has 3 rings (SSSR count). The Morgan fingerprint density at radius 3 is 2.68 bits per heavy atom. The highest BCUT2D eigenvalue weighted by molar-refractivity contribution is 7.10. The second-order valence-electron chi connectivity index (χ2n) is 6.12. The van der Waals surface area contributed by atoms with Crippen LogP contribution in [0.1, 0.15) is 29.0 Å². The Morgan fingerprint density at radius 1 is 1.32 bits per heavy atom. The number of nitrogens with one attached hydrogen (secondary N) is 1. The lowest BCUT2D eigenvalue weighted by Crippen LogP contribution is -2.38. The van der Waals surface area contributed by atoms with Crippen molar-refractivity contribution in [1.82, 2.24) is 19.8 Å². The van der Waals surface area contributed by atoms with E-state index in [4.69, 9.17) is 0 Å². The normalized spacial score (nSPS) is 12.0. The number of hydrogen-bond acceptors (Lipinski definition) is 3. The minimum Gasteiger partial charge on any atom is -0.331 e. The predicted molar refractivity (Wildman–Crippen MR) is 101 cm³/mol. The number of urea groups is 1. The summed E-state index contributed by atoms with van der Waals surface area (Å²) in [6, 6.07) is 10.1. The number of aromatic nitrogens is 2. The second kappa shape index (κ2) is 7.53. The van der Waals surface area contributed by atoms with E-state index in [0.29, 0.717) is 6.54 Å². The highest BCUT2D eigenvalue weighted by Crippen LogP contribution is 2.19. The van der Waals surface area contributed by atoms with Crippen LogP contribution in [-0.4, -0.2) is 27.5 Å². The van der Waals surface area contributed by atoms with Gasteiger partial charge in [-0.05, 0) is 48.6 Å². The van der Waals surface area contributed by atoms with Gasteiger partial charge in [0.25, 0.3) is 0 Å². The summed E-state index contributed by atoms with van der Waals surface area (Å²) >= 11 is 1.68. The van der Waals surface area contributed by atoms with Gasteiger partial charge in [-0.25, -0.2) is 9.78 Å². The van der Waals surface area contributed by atoms with Gasteiger partial charge < -0.3 is 14.8 Å². The maximum Gasteiger partial charge on any atom is 0.317 e. The average molecular weight is 354 g/mol. The van der Waals surface area contributed by atoms with Gasteiger partial charge >= 0.3 is 6.03 Å². The maximum absolute atomic E-state index is 12.4. The molecule has 25 heavy (non-hydrogen) atoms. The van der Waals surface area contributed by atoms with Crippen molar-refractivity contribution in [3.8, 4) is 5.69 Å². The van der Waals surface area contributed by atoms with E-state index in [2.05, 4.69) is 28.7 Å². The smallest absolute Gasteiger partial charge is 0.317 e. The Labute approximate surface area is 151 Å². The molecule has 130 valence electrons. The molecular weight excluding hydrogens is 332 g/mol. The first-order chi connectivity index (χ1) is 12.0. The van der Waals surface area contributed by atoms with E-state index >= 15 is 0 Å². The van der Waals surface area contributed by atoms with Crippen LogP contribution >= 0.6 is 11.3 Å². The van der Waals surface area contributed by atoms with Crippen molar-refractivity contribution < 1.29 is 4.79 Å². The van der Waals surface area contributed by atoms with Gasteiger partial charge in [0.1, 0.15) is 0 Å². The number of thiophene rings is 1. The third-order valence-corrected chi connectivity index (χ3v) is 5.24. The van der Waals surface area contributed by atoms with Crippen molar-refractivity contribution in [2.45, 2.75) is 26.4 Å². The lowest BCUT2D eigenvalue weighted by Gasteiger charge is -2.21. The van der Waals surface area contributed by atoms with E-state index in [9.17, 15) is 4.79 Å². The van der Waals surface area contributed by atoms with E-state index in [1.807, 2.05) is 49.0 Å². The summed E-state index contributed by atoms with van der Waals surface area (Å²) in [5.74, 6) is 0. The number of imidazole rings is 1. The Kier molecular flexibility index (Phi) is 5.19. The van der Waals surface area contributed by atoms with E-state index < -0.39 is 0 Å². The zero-order valence-corrected chi connectivity index (χ0v) is 15.5. The van der Waals surface area contributed by atoms with Crippen molar-refractivity contribution >= 4 is 17.4 Å². The van der Waals surface area contributed by atoms with Crippen molar-refractivity contribution in [3.05, 3.63) is 70.4 Å². The molecule has 2 aromatic heterocycles. The fraction of sp³-hybridized carbons (Fsp3) is 0.263. The molecule has 0 aliphatic rings. The maximum atomic E-state index is 12.4. The number of benzene rings is 1. The van der Waals surface area contributed by atoms with Gasteiger partial charge in [-0.1, -0.05) is 12.1 Å². The third kappa shape index (κ3) is 4.09. The van der Waals surface area contributed by atoms with Crippen LogP contribution in [0.4, 0.5) is 4.79 Å². The van der Waals surface area contributed by atoms with Gasteiger partial charge in [-0.2, -0.15) is 0 Å². The van der Waals surface area contributed by atoms with Gasteiger partial charge in [0.15, 0.2) is 0 Å². The number of nitrogens with zero attached hydrogens (tertiary/aromatic N) is 3. The Balaban J connectivity index is 1.60. The van der Waals surface area contributed by atoms with Crippen LogP contribution in [0, 0.1) is 6.92 Å². The minimum atomic E-state index is -0.0704. The molecule has 5 nitrogen and oxygen atoms in total. The molecule has 0 bridgehead atoms. The van der Waals surface area contributed by atoms with Gasteiger partial charge in [0.05, 0.1) is 18.9 Å². The molecule has 0 fully saturated rings. The molecule has 1 atom stereocenters. The van der Waals surface area contributed by atoms with E-state index in [1.165, 1.54) is 10.4 Å². The fourth-order valence-electron chi connectivity index (χ4n) is 2.58. The molecule has 0 spiro atoms. The van der Waals surface area contributed by atoms with E-state index in [-0.39, 0.29) is 12.1 Å². The first-order valence-corrected chi connectivity index (χ1v) is 9.05. The summed E-state index contributed by atoms with van der Waals surface area (Å²) in [5, 5.41) is 5.11. The highest BCUT2D eigenvalue weighted by atomic mass is 32.1. The van der Waals surface area contributed by atoms with Crippen LogP contribution in [0.15, 0.2) is 54.4 Å². The third-order valence-electron chi connectivity index (χ3n) is 4.23. The minimum absolute atomic E-state index is 0.0591. The van der Waals surface area contributed by atoms with Gasteiger partial charge in [0.2, 0.25) is 0 Å². The molecule has 1 aromatic carbocycles. The van der Waals surface area contributed by atoms with Crippen LogP contribution in [0.5, 0.6) is 0 Å². The summed E-state index contributed by atoms with van der Waals surface area (Å²) in [6.45, 7) is 4.69. The summed E-state index contributed by atoms with van der Waals surface area (Å²) < 4.78 is 1.95. The molecule has 1 N–H and O–H groups in total. The molecule has 0 saturated heterocycles. The van der Waals surface area contributed by atoms with Crippen molar-refractivity contribution in [1.29, 1.82) is 0 Å². The summed E-state index contributed by atoms with van der Waals surface area (Å²) in [7, 11) is 1.82. The number of rotatable bonds is 5. The molecular formula is C19H22N4OS. The van der Waals surface area contributed by atoms with Gasteiger partial charge in [0, 0.05) is 30.0 Å². The monoisotopic (exact) mass is 354 g/mol. The van der Waals surface area contributed by atoms with Crippen LogP contribution in [0.25, 0.3) is 5.69 Å². The molecule has 0 radical (unpaired) electrons. The average Bonchev–Trinajstić information content (AvgIpc) is 3.27. The predicted octanol–water partition coefficient (Wildman–Crippen LogP) is 4.14. The lowest BCUT2D eigenvalue weighted by atomic mass is 10.1. The lowest BCUT2D eigenvalue weighted by molar-refractivity contribution is 0.204. The first-order valence-electron chi connectivity index (χ1n) is 8.17. The highest BCUT2D eigenvalue weighted by Gasteiger charge is 2.15. The zero-order chi connectivity index (χ0) is 17.8. The molecule has 3 aromatic rings. The number of carbonyl (C=O) groups excluding carboxylic acids is 1. The first kappa shape index (κ1) is 17.2. The van der Waals surface area contributed by atoms with E-state index in [0.717, 1.165) is 11.3 Å². The SMILES string of the molecule is Cc1ccsc1CN(C)C(=O)NC(C)c1ccc(-n2ccnc2)cc1. The quantitative estimate of drug-likeness (QED) is 0.748. The van der Waals surface area contributed by atoms with Crippen molar-refractivity contribution in [2.75, 3.05) is 7.05 Å². The Morgan fingerprint density at radius 2 is 2.08 bits per heavy atom. The van der Waals surface area contributed by atoms with Crippen molar-refractivity contribution in [3.63, 3.8) is 0 Å². The number of hydrogen-bond donors (Lipinski definition) is 1. The summed E-state index contributed by atoms with van der Waals surface area (Å²) in [6.07, 6.45) is 5.42. The summed E-state index contributed by atoms with van der Waals surface area (Å²) in [5.41, 5.74) is 3.34. The largest absolute Gasteiger partial charge is 0.331 e. The molecule has 1 unspecified atom stereocenters. The standard InChI is InChI=1S/C19H22N4OS/c1-14-8-11-25-18(14)12-22(3)19(24)21-15(2)16-4-6-17(7-5-16)23-10-9-20-13-23/h4-11,13,15H,12H2,1-3H3,(H,21,24). The Hall–Kier alpha value is -2.60. The van der Waals surface area contributed by atoms with Gasteiger partial charge in [-0.3, -0.25) is 0 Å². The summed E-state index contributed by atoms with van der Waals surface area (Å²) in [4.78, 5) is 19.4. The number of aryl methyl sites for hydroxylation is 1. The van der Waals surface area contributed by atoms with Crippen molar-refractivity contribution in [2.24, 2.45) is 0 Å². The van der Waals surface area contributed by atoms with Crippen LogP contribution in [-0.2, 0) is 6.54 Å². The topological polar surface area (TPSA) is 50.2 Å². The second-order valence-corrected chi connectivity index (χ2v) is 7.12. The van der Waals surface area contributed by atoms with Crippen LogP contribution in [0.2, 0.25) is 0 Å². The molecule has 0 saturated carbocycles. The molecule has 0 aliphatic carbocycles. The molecule has 0 aliphatic heterocycles.